The number of hydrogen-bond acceptors (Lipinski definition) is 2. The average molecular weight is 764 g/mol. The number of nitrogens with zero attached hydrogens (tertiary/aromatic N) is 1. The van der Waals surface area contributed by atoms with Crippen molar-refractivity contribution in [3.63, 3.8) is 0 Å². The van der Waals surface area contributed by atoms with Crippen molar-refractivity contribution in [2.45, 2.75) is 0 Å². The van der Waals surface area contributed by atoms with Gasteiger partial charge in [0.1, 0.15) is 11.2 Å². The maximum absolute atomic E-state index is 6.27. The highest BCUT2D eigenvalue weighted by atomic mass is 16.3. The molecule has 0 aliphatic rings. The predicted octanol–water partition coefficient (Wildman–Crippen LogP) is 16.7. The third-order valence-electron chi connectivity index (χ3n) is 12.2. The summed E-state index contributed by atoms with van der Waals surface area (Å²) in [5.41, 5.74) is 12.2. The van der Waals surface area contributed by atoms with Crippen molar-refractivity contribution in [2.75, 3.05) is 4.90 Å². The van der Waals surface area contributed by atoms with E-state index in [1.165, 1.54) is 65.3 Å². The maximum atomic E-state index is 6.27. The Bertz CT molecular complexity index is 3600. The van der Waals surface area contributed by atoms with Gasteiger partial charge >= 0.3 is 0 Å². The second kappa shape index (κ2) is 13.9. The molecular formula is C58H37NO. The standard InChI is InChI=1S/C58H37NO/c1-2-13-42-35-45(22-21-38(42)11-1)58-49-16-6-3-12-40(49)27-33-50(58)41-25-31-47(32-26-41)59(55-36-44-14-4-5-15-48(44)51-17-7-8-18-52(51)55)46-29-23-39(24-30-46)43-28-34-54-53-19-9-10-20-56(53)60-57(54)37-43/h1-37H. The molecule has 0 bridgehead atoms. The third-order valence-corrected chi connectivity index (χ3v) is 12.2. The van der Waals surface area contributed by atoms with Gasteiger partial charge in [0.05, 0.1) is 5.69 Å². The zero-order valence-corrected chi connectivity index (χ0v) is 32.7. The molecule has 2 heteroatoms. The Morgan fingerprint density at radius 3 is 1.62 bits per heavy atom. The first-order valence-electron chi connectivity index (χ1n) is 20.6. The van der Waals surface area contributed by atoms with Crippen LogP contribution in [0.25, 0.3) is 98.4 Å². The van der Waals surface area contributed by atoms with Crippen LogP contribution in [0.1, 0.15) is 0 Å². The van der Waals surface area contributed by atoms with Crippen molar-refractivity contribution in [1.82, 2.24) is 0 Å². The normalized spacial score (nSPS) is 11.7. The largest absolute Gasteiger partial charge is 0.456 e. The molecule has 1 aromatic heterocycles. The van der Waals surface area contributed by atoms with Gasteiger partial charge in [-0.3, -0.25) is 0 Å². The molecule has 60 heavy (non-hydrogen) atoms. The van der Waals surface area contributed by atoms with Crippen molar-refractivity contribution >= 4 is 82.1 Å². The lowest BCUT2D eigenvalue weighted by Gasteiger charge is -2.28. The minimum Gasteiger partial charge on any atom is -0.456 e. The molecule has 12 aromatic rings. The van der Waals surface area contributed by atoms with Gasteiger partial charge in [-0.2, -0.15) is 0 Å². The molecule has 0 fully saturated rings. The van der Waals surface area contributed by atoms with Gasteiger partial charge in [-0.05, 0) is 126 Å². The van der Waals surface area contributed by atoms with Gasteiger partial charge in [-0.25, -0.2) is 0 Å². The van der Waals surface area contributed by atoms with Gasteiger partial charge < -0.3 is 9.32 Å². The van der Waals surface area contributed by atoms with Crippen LogP contribution in [-0.2, 0) is 0 Å². The van der Waals surface area contributed by atoms with E-state index in [1.807, 2.05) is 12.1 Å². The minimum atomic E-state index is 0.900. The highest BCUT2D eigenvalue weighted by molar-refractivity contribution is 6.15. The lowest BCUT2D eigenvalue weighted by molar-refractivity contribution is 0.669. The predicted molar refractivity (Wildman–Crippen MR) is 255 cm³/mol. The van der Waals surface area contributed by atoms with E-state index in [0.29, 0.717) is 0 Å². The molecule has 0 amide bonds. The topological polar surface area (TPSA) is 16.4 Å². The first-order chi connectivity index (χ1) is 29.7. The summed E-state index contributed by atoms with van der Waals surface area (Å²) in [5.74, 6) is 0. The van der Waals surface area contributed by atoms with E-state index in [-0.39, 0.29) is 0 Å². The van der Waals surface area contributed by atoms with Crippen molar-refractivity contribution in [3.05, 3.63) is 224 Å². The molecule has 0 aliphatic carbocycles. The van der Waals surface area contributed by atoms with E-state index in [0.717, 1.165) is 50.1 Å². The molecule has 12 rings (SSSR count). The van der Waals surface area contributed by atoms with Crippen LogP contribution < -0.4 is 4.90 Å². The molecule has 0 aliphatic heterocycles. The molecule has 0 N–H and O–H groups in total. The monoisotopic (exact) mass is 763 g/mol. The summed E-state index contributed by atoms with van der Waals surface area (Å²) in [4.78, 5) is 2.41. The molecular weight excluding hydrogens is 727 g/mol. The fraction of sp³-hybridized carbons (Fsp3) is 0. The van der Waals surface area contributed by atoms with Crippen molar-refractivity contribution in [2.24, 2.45) is 0 Å². The van der Waals surface area contributed by atoms with E-state index >= 15 is 0 Å². The average Bonchev–Trinajstić information content (AvgIpc) is 3.70. The molecule has 2 nitrogen and oxygen atoms in total. The van der Waals surface area contributed by atoms with Crippen LogP contribution in [0.5, 0.6) is 0 Å². The van der Waals surface area contributed by atoms with Crippen LogP contribution in [0.3, 0.4) is 0 Å². The van der Waals surface area contributed by atoms with Crippen LogP contribution in [0.4, 0.5) is 17.1 Å². The van der Waals surface area contributed by atoms with E-state index in [4.69, 9.17) is 4.42 Å². The number of hydrogen-bond donors (Lipinski definition) is 0. The maximum Gasteiger partial charge on any atom is 0.136 e. The molecule has 0 atom stereocenters. The molecule has 0 saturated carbocycles. The van der Waals surface area contributed by atoms with Gasteiger partial charge in [0.25, 0.3) is 0 Å². The lowest BCUT2D eigenvalue weighted by Crippen LogP contribution is -2.10. The SMILES string of the molecule is c1ccc2cc(-c3c(-c4ccc(N(c5ccc(-c6ccc7c(c6)oc6ccccc67)cc5)c5cc6ccccc6c6ccccc56)cc4)ccc4ccccc34)ccc2c1. The highest BCUT2D eigenvalue weighted by Crippen LogP contribution is 2.45. The number of rotatable bonds is 6. The van der Waals surface area contributed by atoms with Crippen LogP contribution in [-0.4, -0.2) is 0 Å². The Kier molecular flexibility index (Phi) is 7.89. The number of anilines is 3. The third kappa shape index (κ3) is 5.65. The van der Waals surface area contributed by atoms with Crippen LogP contribution in [0.2, 0.25) is 0 Å². The van der Waals surface area contributed by atoms with Gasteiger partial charge in [0.15, 0.2) is 0 Å². The number of fused-ring (bicyclic) bond motifs is 8. The van der Waals surface area contributed by atoms with Crippen LogP contribution in [0.15, 0.2) is 229 Å². The molecule has 0 unspecified atom stereocenters. The summed E-state index contributed by atoms with van der Waals surface area (Å²) >= 11 is 0. The van der Waals surface area contributed by atoms with E-state index in [2.05, 4.69) is 217 Å². The molecule has 0 radical (unpaired) electrons. The number of para-hydroxylation sites is 1. The Hall–Kier alpha value is -7.94. The smallest absolute Gasteiger partial charge is 0.136 e. The van der Waals surface area contributed by atoms with E-state index in [9.17, 15) is 0 Å². The fourth-order valence-corrected chi connectivity index (χ4v) is 9.31. The molecule has 1 heterocycles. The number of furan rings is 1. The summed E-state index contributed by atoms with van der Waals surface area (Å²) in [6.07, 6.45) is 0. The summed E-state index contributed by atoms with van der Waals surface area (Å²) in [7, 11) is 0. The second-order valence-corrected chi connectivity index (χ2v) is 15.7. The zero-order chi connectivity index (χ0) is 39.6. The molecule has 280 valence electrons. The molecule has 0 saturated heterocycles. The summed E-state index contributed by atoms with van der Waals surface area (Å²) < 4.78 is 6.27. The summed E-state index contributed by atoms with van der Waals surface area (Å²) in [6, 6.07) is 81.4. The minimum absolute atomic E-state index is 0.900. The van der Waals surface area contributed by atoms with Gasteiger partial charge in [0.2, 0.25) is 0 Å². The van der Waals surface area contributed by atoms with Crippen LogP contribution in [0, 0.1) is 0 Å². The quantitative estimate of drug-likeness (QED) is 0.157. The van der Waals surface area contributed by atoms with Crippen molar-refractivity contribution < 1.29 is 4.42 Å². The Balaban J connectivity index is 1.00. The Morgan fingerprint density at radius 1 is 0.283 bits per heavy atom. The fourth-order valence-electron chi connectivity index (χ4n) is 9.31. The lowest BCUT2D eigenvalue weighted by atomic mass is 9.89. The molecule has 11 aromatic carbocycles. The zero-order valence-electron chi connectivity index (χ0n) is 32.7. The first kappa shape index (κ1) is 34.1. The van der Waals surface area contributed by atoms with Crippen molar-refractivity contribution in [3.8, 4) is 33.4 Å². The van der Waals surface area contributed by atoms with Crippen molar-refractivity contribution in [1.29, 1.82) is 0 Å². The first-order valence-corrected chi connectivity index (χ1v) is 20.6. The van der Waals surface area contributed by atoms with Gasteiger partial charge in [0, 0.05) is 27.5 Å². The number of benzene rings is 11. The van der Waals surface area contributed by atoms with Gasteiger partial charge in [-0.1, -0.05) is 170 Å². The van der Waals surface area contributed by atoms with Crippen LogP contribution >= 0.6 is 0 Å². The van der Waals surface area contributed by atoms with Gasteiger partial charge in [-0.15, -0.1) is 0 Å². The van der Waals surface area contributed by atoms with E-state index in [1.54, 1.807) is 0 Å². The second-order valence-electron chi connectivity index (χ2n) is 15.7. The highest BCUT2D eigenvalue weighted by Gasteiger charge is 2.19. The summed E-state index contributed by atoms with van der Waals surface area (Å²) in [6.45, 7) is 0. The molecule has 0 spiro atoms. The van der Waals surface area contributed by atoms with E-state index < -0.39 is 0 Å². The Morgan fingerprint density at radius 2 is 0.833 bits per heavy atom. The summed E-state index contributed by atoms with van der Waals surface area (Å²) in [5, 5.41) is 12.1. The Labute approximate surface area is 347 Å².